The van der Waals surface area contributed by atoms with Crippen LogP contribution in [0.4, 0.5) is 5.82 Å². The molecular weight excluding hydrogens is 296 g/mol. The highest BCUT2D eigenvalue weighted by Gasteiger charge is 2.18. The molecule has 2 N–H and O–H groups in total. The van der Waals surface area contributed by atoms with Crippen LogP contribution in [0.5, 0.6) is 0 Å². The maximum atomic E-state index is 12.1. The molecule has 0 aliphatic rings. The van der Waals surface area contributed by atoms with Gasteiger partial charge in [-0.25, -0.2) is 9.78 Å². The number of aryl methyl sites for hydroxylation is 1. The summed E-state index contributed by atoms with van der Waals surface area (Å²) in [7, 11) is -2.29. The molecular formula is C12H12N4O4S. The van der Waals surface area contributed by atoms with Gasteiger partial charge in [0.25, 0.3) is 10.0 Å². The molecule has 8 nitrogen and oxygen atoms in total. The lowest BCUT2D eigenvalue weighted by Crippen LogP contribution is -2.17. The number of nitrogens with zero attached hydrogens (tertiary/aromatic N) is 3. The summed E-state index contributed by atoms with van der Waals surface area (Å²) in [6.45, 7) is 0. The van der Waals surface area contributed by atoms with Gasteiger partial charge < -0.3 is 5.11 Å². The summed E-state index contributed by atoms with van der Waals surface area (Å²) >= 11 is 0. The standard InChI is InChI=1S/C12H12N4O4S/c1-16-11(7-8-13-16)21(19,20)15-10-4-2-3-9(14-10)5-6-12(17)18/h2-8H,1H3,(H,14,15)(H,17,18)/b6-5+. The first-order chi connectivity index (χ1) is 9.88. The molecule has 0 spiro atoms. The van der Waals surface area contributed by atoms with Crippen molar-refractivity contribution in [2.75, 3.05) is 4.72 Å². The van der Waals surface area contributed by atoms with E-state index in [1.54, 1.807) is 12.1 Å². The highest BCUT2D eigenvalue weighted by molar-refractivity contribution is 7.92. The highest BCUT2D eigenvalue weighted by Crippen LogP contribution is 2.14. The van der Waals surface area contributed by atoms with Gasteiger partial charge in [-0.05, 0) is 24.3 Å². The van der Waals surface area contributed by atoms with Gasteiger partial charge in [0.15, 0.2) is 5.03 Å². The quantitative estimate of drug-likeness (QED) is 0.786. The monoisotopic (exact) mass is 308 g/mol. The Kier molecular flexibility index (Phi) is 4.03. The number of carboxylic acid groups (broad SMARTS) is 1. The average Bonchev–Trinajstić information content (AvgIpc) is 2.83. The summed E-state index contributed by atoms with van der Waals surface area (Å²) in [6, 6.07) is 5.94. The van der Waals surface area contributed by atoms with Crippen LogP contribution in [0.15, 0.2) is 41.6 Å². The Hall–Kier alpha value is -2.68. The van der Waals surface area contributed by atoms with Crippen molar-refractivity contribution in [3.63, 3.8) is 0 Å². The third-order valence-electron chi connectivity index (χ3n) is 2.46. The second kappa shape index (κ2) is 5.75. The topological polar surface area (TPSA) is 114 Å². The maximum Gasteiger partial charge on any atom is 0.328 e. The SMILES string of the molecule is Cn1nccc1S(=O)(=O)Nc1cccc(/C=C/C(=O)O)n1. The third kappa shape index (κ3) is 3.66. The van der Waals surface area contributed by atoms with Crippen LogP contribution in [-0.4, -0.2) is 34.3 Å². The summed E-state index contributed by atoms with van der Waals surface area (Å²) < 4.78 is 27.8. The Bertz CT molecular complexity index is 795. The number of aliphatic carboxylic acids is 1. The summed E-state index contributed by atoms with van der Waals surface area (Å²) in [4.78, 5) is 14.4. The van der Waals surface area contributed by atoms with E-state index >= 15 is 0 Å². The Balaban J connectivity index is 2.26. The predicted molar refractivity (Wildman–Crippen MR) is 74.9 cm³/mol. The molecule has 2 aromatic rings. The number of sulfonamides is 1. The van der Waals surface area contributed by atoms with Gasteiger partial charge in [-0.2, -0.15) is 13.5 Å². The zero-order valence-electron chi connectivity index (χ0n) is 11.0. The van der Waals surface area contributed by atoms with Gasteiger partial charge in [-0.1, -0.05) is 6.07 Å². The molecule has 0 aromatic carbocycles. The molecule has 0 radical (unpaired) electrons. The largest absolute Gasteiger partial charge is 0.478 e. The predicted octanol–water partition coefficient (Wildman–Crippen LogP) is 0.714. The number of anilines is 1. The van der Waals surface area contributed by atoms with Crippen molar-refractivity contribution in [2.45, 2.75) is 5.03 Å². The van der Waals surface area contributed by atoms with Crippen LogP contribution in [0.2, 0.25) is 0 Å². The van der Waals surface area contributed by atoms with Crippen LogP contribution in [0.25, 0.3) is 6.08 Å². The summed E-state index contributed by atoms with van der Waals surface area (Å²) in [5.74, 6) is -1.03. The number of carboxylic acids is 1. The summed E-state index contributed by atoms with van der Waals surface area (Å²) in [5.41, 5.74) is 0.322. The fourth-order valence-electron chi connectivity index (χ4n) is 1.57. The van der Waals surface area contributed by atoms with Crippen molar-refractivity contribution in [1.82, 2.24) is 14.8 Å². The lowest BCUT2D eigenvalue weighted by atomic mass is 10.3. The molecule has 110 valence electrons. The molecule has 2 aromatic heterocycles. The first-order valence-corrected chi connectivity index (χ1v) is 7.26. The third-order valence-corrected chi connectivity index (χ3v) is 3.89. The first kappa shape index (κ1) is 14.7. The molecule has 0 atom stereocenters. The first-order valence-electron chi connectivity index (χ1n) is 5.77. The van der Waals surface area contributed by atoms with E-state index in [-0.39, 0.29) is 10.8 Å². The number of hydrogen-bond donors (Lipinski definition) is 2. The molecule has 21 heavy (non-hydrogen) atoms. The molecule has 0 saturated heterocycles. The number of carbonyl (C=O) groups is 1. The Morgan fingerprint density at radius 3 is 2.76 bits per heavy atom. The van der Waals surface area contributed by atoms with E-state index in [4.69, 9.17) is 5.11 Å². The maximum absolute atomic E-state index is 12.1. The van der Waals surface area contributed by atoms with Crippen molar-refractivity contribution in [3.05, 3.63) is 42.2 Å². The van der Waals surface area contributed by atoms with Crippen molar-refractivity contribution >= 4 is 27.9 Å². The van der Waals surface area contributed by atoms with Crippen molar-refractivity contribution in [3.8, 4) is 0 Å². The zero-order chi connectivity index (χ0) is 15.5. The minimum absolute atomic E-state index is 0.00391. The second-order valence-corrected chi connectivity index (χ2v) is 5.65. The van der Waals surface area contributed by atoms with E-state index in [9.17, 15) is 13.2 Å². The van der Waals surface area contributed by atoms with Crippen LogP contribution in [0.1, 0.15) is 5.69 Å². The number of hydrogen-bond acceptors (Lipinski definition) is 5. The van der Waals surface area contributed by atoms with Crippen LogP contribution >= 0.6 is 0 Å². The fraction of sp³-hybridized carbons (Fsp3) is 0.0833. The van der Waals surface area contributed by atoms with Crippen molar-refractivity contribution < 1.29 is 18.3 Å². The Morgan fingerprint density at radius 1 is 1.38 bits per heavy atom. The van der Waals surface area contributed by atoms with Gasteiger partial charge in [0.1, 0.15) is 5.82 Å². The molecule has 2 heterocycles. The van der Waals surface area contributed by atoms with E-state index in [1.165, 1.54) is 36.1 Å². The molecule has 0 fully saturated rings. The summed E-state index contributed by atoms with van der Waals surface area (Å²) in [6.07, 6.45) is 3.56. The minimum Gasteiger partial charge on any atom is -0.478 e. The number of nitrogens with one attached hydrogen (secondary N) is 1. The Labute approximate surface area is 120 Å². The van der Waals surface area contributed by atoms with Crippen LogP contribution in [0, 0.1) is 0 Å². The highest BCUT2D eigenvalue weighted by atomic mass is 32.2. The van der Waals surface area contributed by atoms with Crippen LogP contribution < -0.4 is 4.72 Å². The van der Waals surface area contributed by atoms with Crippen molar-refractivity contribution in [1.29, 1.82) is 0 Å². The number of aromatic nitrogens is 3. The molecule has 0 unspecified atom stereocenters. The van der Waals surface area contributed by atoms with E-state index in [0.717, 1.165) is 6.08 Å². The van der Waals surface area contributed by atoms with Gasteiger partial charge in [0.2, 0.25) is 0 Å². The van der Waals surface area contributed by atoms with Crippen molar-refractivity contribution in [2.24, 2.45) is 7.05 Å². The minimum atomic E-state index is -3.80. The molecule has 9 heteroatoms. The zero-order valence-corrected chi connectivity index (χ0v) is 11.8. The molecule has 0 saturated carbocycles. The van der Waals surface area contributed by atoms with Gasteiger partial charge in [-0.3, -0.25) is 9.40 Å². The molecule has 0 amide bonds. The Morgan fingerprint density at radius 2 is 2.14 bits per heavy atom. The molecule has 0 aliphatic carbocycles. The molecule has 2 rings (SSSR count). The van der Waals surface area contributed by atoms with Gasteiger partial charge in [0.05, 0.1) is 11.9 Å². The van der Waals surface area contributed by atoms with Crippen LogP contribution in [0.3, 0.4) is 0 Å². The smallest absolute Gasteiger partial charge is 0.328 e. The van der Waals surface area contributed by atoms with Gasteiger partial charge in [0, 0.05) is 13.1 Å². The van der Waals surface area contributed by atoms with Gasteiger partial charge >= 0.3 is 5.97 Å². The van der Waals surface area contributed by atoms with E-state index in [0.29, 0.717) is 5.69 Å². The lowest BCUT2D eigenvalue weighted by Gasteiger charge is -2.07. The number of pyridine rings is 1. The normalized spacial score (nSPS) is 11.7. The lowest BCUT2D eigenvalue weighted by molar-refractivity contribution is -0.131. The van der Waals surface area contributed by atoms with E-state index in [1.807, 2.05) is 0 Å². The second-order valence-electron chi connectivity index (χ2n) is 4.02. The molecule has 0 aliphatic heterocycles. The average molecular weight is 308 g/mol. The van der Waals surface area contributed by atoms with E-state index < -0.39 is 16.0 Å². The fourth-order valence-corrected chi connectivity index (χ4v) is 2.70. The van der Waals surface area contributed by atoms with Gasteiger partial charge in [-0.15, -0.1) is 0 Å². The summed E-state index contributed by atoms with van der Waals surface area (Å²) in [5, 5.41) is 12.3. The number of rotatable bonds is 5. The molecule has 0 bridgehead atoms. The van der Waals surface area contributed by atoms with Crippen LogP contribution in [-0.2, 0) is 21.9 Å². The van der Waals surface area contributed by atoms with E-state index in [2.05, 4.69) is 14.8 Å².